The number of thiocarbonyl (C=S) groups is 1. The summed E-state index contributed by atoms with van der Waals surface area (Å²) in [7, 11) is 1.61. The predicted octanol–water partition coefficient (Wildman–Crippen LogP) is 6.97. The Morgan fingerprint density at radius 2 is 1.71 bits per heavy atom. The van der Waals surface area contributed by atoms with Crippen molar-refractivity contribution in [2.24, 2.45) is 5.41 Å². The second-order valence-corrected chi connectivity index (χ2v) is 12.0. The van der Waals surface area contributed by atoms with Crippen LogP contribution in [0.3, 0.4) is 0 Å². The molecule has 1 aliphatic heterocycles. The SMILES string of the molecule is COc1cc(N2C(=S)N[C@@H](c3ccccn3)[C@@H]2c2cc(C)n(-c3ccc(C)cc3)c2C)ccc1NC(=O)C(C)(C)C. The number of aromatic nitrogens is 2. The standard InChI is InChI=1S/C33H37N5O2S/c1-20-11-13-23(14-12-20)37-21(2)18-25(22(37)3)30-29(27-10-8-9-17-34-27)36-32(41)38(30)24-15-16-26(28(19-24)40-7)35-31(39)33(4,5)6/h8-19,29-30H,1-7H3,(H,35,39)(H,36,41)/t29-,30-/m0/s1. The molecule has 4 aromatic rings. The quantitative estimate of drug-likeness (QED) is 0.245. The lowest BCUT2D eigenvalue weighted by molar-refractivity contribution is -0.123. The number of ether oxygens (including phenoxy) is 1. The van der Waals surface area contributed by atoms with Crippen molar-refractivity contribution in [3.05, 3.63) is 101 Å². The molecule has 2 atom stereocenters. The lowest BCUT2D eigenvalue weighted by Gasteiger charge is -2.29. The molecular weight excluding hydrogens is 530 g/mol. The first-order chi connectivity index (χ1) is 19.5. The zero-order chi connectivity index (χ0) is 29.5. The monoisotopic (exact) mass is 567 g/mol. The summed E-state index contributed by atoms with van der Waals surface area (Å²) < 4.78 is 8.03. The normalized spacial score (nSPS) is 17.0. The van der Waals surface area contributed by atoms with Crippen LogP contribution in [-0.2, 0) is 4.79 Å². The minimum atomic E-state index is -0.537. The number of nitrogens with one attached hydrogen (secondary N) is 2. The fourth-order valence-electron chi connectivity index (χ4n) is 5.37. The van der Waals surface area contributed by atoms with Crippen molar-refractivity contribution >= 4 is 34.6 Å². The topological polar surface area (TPSA) is 71.4 Å². The number of hydrogen-bond acceptors (Lipinski definition) is 4. The maximum absolute atomic E-state index is 12.7. The summed E-state index contributed by atoms with van der Waals surface area (Å²) in [5.41, 5.74) is 7.60. The predicted molar refractivity (Wildman–Crippen MR) is 169 cm³/mol. The van der Waals surface area contributed by atoms with Crippen LogP contribution in [0.5, 0.6) is 5.75 Å². The molecule has 41 heavy (non-hydrogen) atoms. The Morgan fingerprint density at radius 3 is 2.34 bits per heavy atom. The van der Waals surface area contributed by atoms with Crippen LogP contribution in [0.25, 0.3) is 5.69 Å². The van der Waals surface area contributed by atoms with Crippen LogP contribution < -0.4 is 20.3 Å². The van der Waals surface area contributed by atoms with Gasteiger partial charge in [-0.3, -0.25) is 9.78 Å². The van der Waals surface area contributed by atoms with Gasteiger partial charge in [0.15, 0.2) is 5.11 Å². The number of rotatable bonds is 6. The van der Waals surface area contributed by atoms with Gasteiger partial charge in [-0.2, -0.15) is 0 Å². The Balaban J connectivity index is 1.62. The fourth-order valence-corrected chi connectivity index (χ4v) is 5.72. The maximum atomic E-state index is 12.7. The van der Waals surface area contributed by atoms with Gasteiger partial charge in [-0.05, 0) is 81.0 Å². The molecule has 8 heteroatoms. The molecule has 212 valence electrons. The van der Waals surface area contributed by atoms with Gasteiger partial charge in [0.1, 0.15) is 5.75 Å². The van der Waals surface area contributed by atoms with Crippen LogP contribution >= 0.6 is 12.2 Å². The summed E-state index contributed by atoms with van der Waals surface area (Å²) in [5.74, 6) is 0.478. The van der Waals surface area contributed by atoms with Gasteiger partial charge in [0, 0.05) is 40.4 Å². The summed E-state index contributed by atoms with van der Waals surface area (Å²) in [6.07, 6.45) is 1.81. The number of methoxy groups -OCH3 is 1. The Morgan fingerprint density at radius 1 is 1.00 bits per heavy atom. The smallest absolute Gasteiger partial charge is 0.229 e. The second kappa shape index (κ2) is 11.0. The van der Waals surface area contributed by atoms with E-state index in [1.165, 1.54) is 5.56 Å². The van der Waals surface area contributed by atoms with Crippen LogP contribution in [-0.4, -0.2) is 27.7 Å². The highest BCUT2D eigenvalue weighted by molar-refractivity contribution is 7.80. The third-order valence-corrected chi connectivity index (χ3v) is 7.89. The number of amides is 1. The van der Waals surface area contributed by atoms with Crippen LogP contribution in [0.1, 0.15) is 61.1 Å². The molecule has 5 rings (SSSR count). The number of pyridine rings is 1. The van der Waals surface area contributed by atoms with Crippen molar-refractivity contribution in [2.45, 2.75) is 53.6 Å². The van der Waals surface area contributed by atoms with Crippen LogP contribution in [0, 0.1) is 26.2 Å². The molecule has 1 saturated heterocycles. The highest BCUT2D eigenvalue weighted by Gasteiger charge is 2.42. The van der Waals surface area contributed by atoms with Crippen molar-refractivity contribution < 1.29 is 9.53 Å². The average Bonchev–Trinajstić information content (AvgIpc) is 3.44. The second-order valence-electron chi connectivity index (χ2n) is 11.6. The first kappa shape index (κ1) is 28.4. The van der Waals surface area contributed by atoms with Crippen LogP contribution in [0.15, 0.2) is 72.9 Å². The molecule has 3 heterocycles. The number of nitrogens with zero attached hydrogens (tertiary/aromatic N) is 3. The minimum Gasteiger partial charge on any atom is -0.494 e. The zero-order valence-corrected chi connectivity index (χ0v) is 25.5. The van der Waals surface area contributed by atoms with E-state index < -0.39 is 5.41 Å². The molecule has 1 amide bonds. The average molecular weight is 568 g/mol. The molecule has 0 bridgehead atoms. The van der Waals surface area contributed by atoms with Crippen molar-refractivity contribution in [3.8, 4) is 11.4 Å². The number of hydrogen-bond donors (Lipinski definition) is 2. The van der Waals surface area contributed by atoms with Crippen molar-refractivity contribution in [1.82, 2.24) is 14.9 Å². The van der Waals surface area contributed by atoms with E-state index in [9.17, 15) is 4.79 Å². The zero-order valence-electron chi connectivity index (χ0n) is 24.6. The van der Waals surface area contributed by atoms with Gasteiger partial charge in [-0.1, -0.05) is 44.5 Å². The van der Waals surface area contributed by atoms with Gasteiger partial charge < -0.3 is 24.8 Å². The molecule has 0 aliphatic carbocycles. The third-order valence-electron chi connectivity index (χ3n) is 7.57. The molecule has 2 aromatic heterocycles. The van der Waals surface area contributed by atoms with Crippen molar-refractivity contribution in [2.75, 3.05) is 17.3 Å². The molecule has 7 nitrogen and oxygen atoms in total. The van der Waals surface area contributed by atoms with Gasteiger partial charge in [-0.15, -0.1) is 0 Å². The van der Waals surface area contributed by atoms with E-state index >= 15 is 0 Å². The molecule has 1 aliphatic rings. The summed E-state index contributed by atoms with van der Waals surface area (Å²) in [4.78, 5) is 19.6. The van der Waals surface area contributed by atoms with E-state index in [1.807, 2.05) is 63.4 Å². The summed E-state index contributed by atoms with van der Waals surface area (Å²) in [6.45, 7) is 12.0. The fraction of sp³-hybridized carbons (Fsp3) is 0.303. The number of aryl methyl sites for hydroxylation is 2. The highest BCUT2D eigenvalue weighted by Crippen LogP contribution is 2.45. The molecule has 0 radical (unpaired) electrons. The van der Waals surface area contributed by atoms with Crippen molar-refractivity contribution in [1.29, 1.82) is 0 Å². The van der Waals surface area contributed by atoms with E-state index in [4.69, 9.17) is 21.9 Å². The third kappa shape index (κ3) is 5.44. The summed E-state index contributed by atoms with van der Waals surface area (Å²) >= 11 is 5.97. The Hall–Kier alpha value is -4.17. The van der Waals surface area contributed by atoms with E-state index in [0.29, 0.717) is 16.5 Å². The largest absolute Gasteiger partial charge is 0.494 e. The van der Waals surface area contributed by atoms with Gasteiger partial charge in [-0.25, -0.2) is 0 Å². The molecular formula is C33H37N5O2S. The van der Waals surface area contributed by atoms with Gasteiger partial charge in [0.2, 0.25) is 5.91 Å². The summed E-state index contributed by atoms with van der Waals surface area (Å²) in [5, 5.41) is 7.15. The number of anilines is 2. The lowest BCUT2D eigenvalue weighted by Crippen LogP contribution is -2.30. The first-order valence-corrected chi connectivity index (χ1v) is 14.2. The van der Waals surface area contributed by atoms with E-state index in [0.717, 1.165) is 34.0 Å². The first-order valence-electron chi connectivity index (χ1n) is 13.8. The molecule has 0 unspecified atom stereocenters. The van der Waals surface area contributed by atoms with Gasteiger partial charge >= 0.3 is 0 Å². The molecule has 0 spiro atoms. The molecule has 0 saturated carbocycles. The van der Waals surface area contributed by atoms with Crippen LogP contribution in [0.4, 0.5) is 11.4 Å². The Kier molecular flexibility index (Phi) is 7.62. The molecule has 2 aromatic carbocycles. The number of carbonyl (C=O) groups excluding carboxylic acids is 1. The minimum absolute atomic E-state index is 0.0847. The van der Waals surface area contributed by atoms with Crippen molar-refractivity contribution in [3.63, 3.8) is 0 Å². The summed E-state index contributed by atoms with van der Waals surface area (Å²) in [6, 6.07) is 22.2. The van der Waals surface area contributed by atoms with Gasteiger partial charge in [0.05, 0.1) is 30.6 Å². The number of benzene rings is 2. The van der Waals surface area contributed by atoms with E-state index in [-0.39, 0.29) is 18.0 Å². The molecule has 1 fully saturated rings. The Bertz CT molecular complexity index is 1590. The lowest BCUT2D eigenvalue weighted by atomic mass is 9.95. The van der Waals surface area contributed by atoms with Crippen LogP contribution in [0.2, 0.25) is 0 Å². The highest BCUT2D eigenvalue weighted by atomic mass is 32.1. The van der Waals surface area contributed by atoms with E-state index in [1.54, 1.807) is 7.11 Å². The molecule has 2 N–H and O–H groups in total. The maximum Gasteiger partial charge on any atom is 0.229 e. The van der Waals surface area contributed by atoms with E-state index in [2.05, 4.69) is 71.2 Å². The van der Waals surface area contributed by atoms with Gasteiger partial charge in [0.25, 0.3) is 0 Å². The Labute approximate surface area is 247 Å². The number of carbonyl (C=O) groups is 1.